The summed E-state index contributed by atoms with van der Waals surface area (Å²) in [7, 11) is 1.15. The molecule has 5 nitrogen and oxygen atoms in total. The summed E-state index contributed by atoms with van der Waals surface area (Å²) in [6.45, 7) is 0. The molecule has 1 aromatic rings. The molecule has 0 fully saturated rings. The van der Waals surface area contributed by atoms with Gasteiger partial charge >= 0.3 is 12.1 Å². The lowest BCUT2D eigenvalue weighted by Gasteiger charge is -2.19. The fourth-order valence-electron chi connectivity index (χ4n) is 2.06. The number of benzene rings is 1. The molecule has 0 saturated heterocycles. The van der Waals surface area contributed by atoms with E-state index in [2.05, 4.69) is 16.0 Å². The van der Waals surface area contributed by atoms with Crippen LogP contribution in [0.3, 0.4) is 0 Å². The van der Waals surface area contributed by atoms with Crippen molar-refractivity contribution in [2.45, 2.75) is 37.6 Å². The van der Waals surface area contributed by atoms with E-state index in [9.17, 15) is 27.9 Å². The zero-order valence-electron chi connectivity index (χ0n) is 13.5. The largest absolute Gasteiger partial charge is 0.467 e. The zero-order chi connectivity index (χ0) is 19.0. The molecule has 0 aromatic heterocycles. The van der Waals surface area contributed by atoms with Gasteiger partial charge in [0.1, 0.15) is 6.04 Å². The van der Waals surface area contributed by atoms with Gasteiger partial charge in [-0.05, 0) is 30.5 Å². The topological polar surface area (TPSA) is 75.6 Å². The van der Waals surface area contributed by atoms with Gasteiger partial charge in [0.2, 0.25) is 0 Å². The summed E-state index contributed by atoms with van der Waals surface area (Å²) in [4.78, 5) is 23.7. The van der Waals surface area contributed by atoms with Gasteiger partial charge < -0.3 is 15.2 Å². The number of unbranched alkanes of at least 4 members (excludes halogenated alkanes) is 1. The maximum absolute atomic E-state index is 12.5. The predicted octanol–water partition coefficient (Wildman–Crippen LogP) is 2.20. The minimum absolute atomic E-state index is 0.0299. The maximum atomic E-state index is 12.5. The molecule has 0 aliphatic rings. The number of terminal acetylenes is 1. The van der Waals surface area contributed by atoms with E-state index in [1.807, 2.05) is 0 Å². The lowest BCUT2D eigenvalue weighted by atomic mass is 10.0. The van der Waals surface area contributed by atoms with Crippen LogP contribution in [-0.2, 0) is 20.5 Å². The van der Waals surface area contributed by atoms with Gasteiger partial charge in [0.25, 0.3) is 5.91 Å². The number of methoxy groups -OCH3 is 1. The van der Waals surface area contributed by atoms with E-state index in [0.29, 0.717) is 12.8 Å². The summed E-state index contributed by atoms with van der Waals surface area (Å²) in [5.41, 5.74) is -0.927. The molecule has 0 saturated carbocycles. The van der Waals surface area contributed by atoms with E-state index in [1.54, 1.807) is 0 Å². The first-order valence-corrected chi connectivity index (χ1v) is 7.37. The molecule has 8 heteroatoms. The Labute approximate surface area is 143 Å². The molecule has 0 unspecified atom stereocenters. The van der Waals surface area contributed by atoms with Gasteiger partial charge in [-0.2, -0.15) is 13.2 Å². The average molecular weight is 357 g/mol. The first-order valence-electron chi connectivity index (χ1n) is 7.37. The van der Waals surface area contributed by atoms with Crippen LogP contribution in [0.5, 0.6) is 0 Å². The molecule has 136 valence electrons. The summed E-state index contributed by atoms with van der Waals surface area (Å²) >= 11 is 0. The van der Waals surface area contributed by atoms with Crippen LogP contribution < -0.4 is 5.32 Å². The number of nitrogens with one attached hydrogen (secondary N) is 1. The van der Waals surface area contributed by atoms with Gasteiger partial charge in [0.15, 0.2) is 6.10 Å². The first-order chi connectivity index (χ1) is 11.7. The van der Waals surface area contributed by atoms with Crippen LogP contribution in [0.15, 0.2) is 24.3 Å². The number of carbonyl (C=O) groups is 2. The number of esters is 1. The third-order valence-corrected chi connectivity index (χ3v) is 3.42. The molecule has 2 N–H and O–H groups in total. The summed E-state index contributed by atoms with van der Waals surface area (Å²) in [5, 5.41) is 12.3. The van der Waals surface area contributed by atoms with Crippen molar-refractivity contribution in [2.24, 2.45) is 0 Å². The summed E-state index contributed by atoms with van der Waals surface area (Å²) in [5.74, 6) is 0.769. The Balaban J connectivity index is 2.79. The molecular formula is C17H18F3NO4. The Morgan fingerprint density at radius 3 is 2.40 bits per heavy atom. The van der Waals surface area contributed by atoms with Gasteiger partial charge in [-0.25, -0.2) is 4.79 Å². The fourth-order valence-corrected chi connectivity index (χ4v) is 2.06. The zero-order valence-corrected chi connectivity index (χ0v) is 13.5. The molecule has 25 heavy (non-hydrogen) atoms. The lowest BCUT2D eigenvalue weighted by molar-refractivity contribution is -0.146. The highest BCUT2D eigenvalue weighted by Crippen LogP contribution is 2.30. The number of carbonyl (C=O) groups excluding carboxylic acids is 2. The summed E-state index contributed by atoms with van der Waals surface area (Å²) < 4.78 is 42.1. The number of halogens is 3. The van der Waals surface area contributed by atoms with Crippen LogP contribution >= 0.6 is 0 Å². The monoisotopic (exact) mass is 357 g/mol. The molecule has 0 heterocycles. The van der Waals surface area contributed by atoms with Crippen LogP contribution in [-0.4, -0.2) is 30.1 Å². The number of aliphatic hydroxyl groups excluding tert-OH is 1. The maximum Gasteiger partial charge on any atom is 0.416 e. The molecule has 0 spiro atoms. The van der Waals surface area contributed by atoms with Gasteiger partial charge in [0, 0.05) is 6.42 Å². The van der Waals surface area contributed by atoms with Crippen LogP contribution in [0.1, 0.15) is 36.5 Å². The number of rotatable bonds is 7. The second-order valence-electron chi connectivity index (χ2n) is 5.20. The second-order valence-corrected chi connectivity index (χ2v) is 5.20. The minimum atomic E-state index is -4.52. The summed E-state index contributed by atoms with van der Waals surface area (Å²) in [6.07, 6.45) is -0.0618. The smallest absolute Gasteiger partial charge is 0.416 e. The van der Waals surface area contributed by atoms with Gasteiger partial charge in [0.05, 0.1) is 12.7 Å². The highest BCUT2D eigenvalue weighted by Gasteiger charge is 2.31. The standard InChI is InChI=1S/C17H18F3NO4/c1-3-4-5-6-13(16(24)25-2)21-15(23)14(22)11-7-9-12(10-8-11)17(18,19)20/h1,7-10,13-14,22H,4-6H2,2H3,(H,21,23)/t13-,14+/m1/s1. The second kappa shape index (κ2) is 9.08. The number of hydrogen-bond acceptors (Lipinski definition) is 4. The molecule has 0 radical (unpaired) electrons. The summed E-state index contributed by atoms with van der Waals surface area (Å²) in [6, 6.07) is 2.51. The van der Waals surface area contributed by atoms with Crippen LogP contribution in [0, 0.1) is 12.3 Å². The number of amides is 1. The normalized spacial score (nSPS) is 13.4. The Morgan fingerprint density at radius 1 is 1.32 bits per heavy atom. The minimum Gasteiger partial charge on any atom is -0.467 e. The Hall–Kier alpha value is -2.53. The highest BCUT2D eigenvalue weighted by atomic mass is 19.4. The molecule has 0 aliphatic carbocycles. The number of alkyl halides is 3. The van der Waals surface area contributed by atoms with Crippen molar-refractivity contribution in [3.8, 4) is 12.3 Å². The van der Waals surface area contributed by atoms with Crippen molar-refractivity contribution in [1.29, 1.82) is 0 Å². The van der Waals surface area contributed by atoms with Crippen molar-refractivity contribution >= 4 is 11.9 Å². The van der Waals surface area contributed by atoms with Crippen molar-refractivity contribution in [1.82, 2.24) is 5.32 Å². The first kappa shape index (κ1) is 20.5. The lowest BCUT2D eigenvalue weighted by Crippen LogP contribution is -2.43. The highest BCUT2D eigenvalue weighted by molar-refractivity contribution is 5.87. The third-order valence-electron chi connectivity index (χ3n) is 3.42. The predicted molar refractivity (Wildman–Crippen MR) is 83.0 cm³/mol. The van der Waals surface area contributed by atoms with Crippen molar-refractivity contribution in [3.63, 3.8) is 0 Å². The van der Waals surface area contributed by atoms with Crippen LogP contribution in [0.25, 0.3) is 0 Å². The number of hydrogen-bond donors (Lipinski definition) is 2. The Morgan fingerprint density at radius 2 is 1.92 bits per heavy atom. The van der Waals surface area contributed by atoms with E-state index in [4.69, 9.17) is 6.42 Å². The fraction of sp³-hybridized carbons (Fsp3) is 0.412. The van der Waals surface area contributed by atoms with E-state index >= 15 is 0 Å². The van der Waals surface area contributed by atoms with Gasteiger partial charge in [-0.15, -0.1) is 12.3 Å². The molecule has 0 bridgehead atoms. The molecular weight excluding hydrogens is 339 g/mol. The molecule has 2 atom stereocenters. The molecule has 0 aliphatic heterocycles. The van der Waals surface area contributed by atoms with Gasteiger partial charge in [-0.1, -0.05) is 12.1 Å². The Bertz CT molecular complexity index is 635. The number of aliphatic hydroxyl groups is 1. The van der Waals surface area contributed by atoms with Crippen molar-refractivity contribution in [2.75, 3.05) is 7.11 Å². The van der Waals surface area contributed by atoms with E-state index in [0.717, 1.165) is 31.4 Å². The van der Waals surface area contributed by atoms with E-state index in [-0.39, 0.29) is 12.0 Å². The average Bonchev–Trinajstić information content (AvgIpc) is 2.58. The molecule has 1 amide bonds. The van der Waals surface area contributed by atoms with E-state index < -0.39 is 35.8 Å². The SMILES string of the molecule is C#CCCC[C@@H](NC(=O)[C@@H](O)c1ccc(C(F)(F)F)cc1)C(=O)OC. The van der Waals surface area contributed by atoms with Crippen molar-refractivity contribution in [3.05, 3.63) is 35.4 Å². The van der Waals surface area contributed by atoms with Gasteiger partial charge in [-0.3, -0.25) is 4.79 Å². The number of ether oxygens (including phenoxy) is 1. The third kappa shape index (κ3) is 6.12. The molecule has 1 rings (SSSR count). The quantitative estimate of drug-likeness (QED) is 0.446. The van der Waals surface area contributed by atoms with Crippen LogP contribution in [0.4, 0.5) is 13.2 Å². The van der Waals surface area contributed by atoms with E-state index in [1.165, 1.54) is 0 Å². The van der Waals surface area contributed by atoms with Crippen LogP contribution in [0.2, 0.25) is 0 Å². The Kier molecular flexibility index (Phi) is 7.45. The molecule has 1 aromatic carbocycles. The van der Waals surface area contributed by atoms with Crippen molar-refractivity contribution < 1.29 is 32.6 Å².